The Balaban J connectivity index is 2.03. The molecule has 2 aliphatic heterocycles. The number of hydrogen-bond donors (Lipinski definition) is 0. The molecule has 2 saturated heterocycles. The normalized spacial score (nSPS) is 24.4. The third kappa shape index (κ3) is 2.34. The van der Waals surface area contributed by atoms with Crippen molar-refractivity contribution in [1.29, 1.82) is 0 Å². The molecule has 7 nitrogen and oxygen atoms in total. The minimum Gasteiger partial charge on any atom is -0.331 e. The van der Waals surface area contributed by atoms with Crippen molar-refractivity contribution in [3.05, 3.63) is 10.4 Å². The Hall–Kier alpha value is -1.75. The molecular formula is C10H15N5O2. The first-order valence-electron chi connectivity index (χ1n) is 5.83. The van der Waals surface area contributed by atoms with Gasteiger partial charge in [-0.05, 0) is 24.8 Å². The molecule has 0 aromatic carbocycles. The van der Waals surface area contributed by atoms with Gasteiger partial charge in [0, 0.05) is 24.5 Å². The highest BCUT2D eigenvalue weighted by Gasteiger charge is 2.39. The largest absolute Gasteiger partial charge is 0.331 e. The number of fused-ring (bicyclic) bond motifs is 1. The van der Waals surface area contributed by atoms with Gasteiger partial charge in [-0.3, -0.25) is 9.59 Å². The van der Waals surface area contributed by atoms with E-state index in [1.165, 1.54) is 4.90 Å². The van der Waals surface area contributed by atoms with E-state index in [0.29, 0.717) is 13.1 Å². The Morgan fingerprint density at radius 2 is 2.24 bits per heavy atom. The van der Waals surface area contributed by atoms with Gasteiger partial charge in [0.15, 0.2) is 0 Å². The van der Waals surface area contributed by atoms with Crippen molar-refractivity contribution in [3.63, 3.8) is 0 Å². The molecule has 1 atom stereocenters. The summed E-state index contributed by atoms with van der Waals surface area (Å²) in [4.78, 5) is 29.8. The van der Waals surface area contributed by atoms with Crippen molar-refractivity contribution in [1.82, 2.24) is 9.80 Å². The van der Waals surface area contributed by atoms with Gasteiger partial charge in [-0.15, -0.1) is 0 Å². The van der Waals surface area contributed by atoms with Crippen molar-refractivity contribution >= 4 is 11.8 Å². The highest BCUT2D eigenvalue weighted by atomic mass is 16.2. The van der Waals surface area contributed by atoms with Gasteiger partial charge in [-0.25, -0.2) is 0 Å². The van der Waals surface area contributed by atoms with Crippen molar-refractivity contribution in [2.24, 2.45) is 5.11 Å². The molecule has 2 heterocycles. The van der Waals surface area contributed by atoms with Gasteiger partial charge >= 0.3 is 0 Å². The third-order valence-corrected chi connectivity index (χ3v) is 3.28. The maximum atomic E-state index is 12.1. The molecule has 0 bridgehead atoms. The van der Waals surface area contributed by atoms with Crippen LogP contribution < -0.4 is 0 Å². The number of piperazine rings is 1. The second-order valence-electron chi connectivity index (χ2n) is 4.31. The first-order chi connectivity index (χ1) is 8.24. The lowest BCUT2D eigenvalue weighted by molar-refractivity contribution is -0.157. The number of amides is 2. The Morgan fingerprint density at radius 1 is 1.41 bits per heavy atom. The molecule has 2 rings (SSSR count). The zero-order valence-corrected chi connectivity index (χ0v) is 9.58. The number of hydrogen-bond acceptors (Lipinski definition) is 3. The molecule has 2 amide bonds. The van der Waals surface area contributed by atoms with Gasteiger partial charge in [0.1, 0.15) is 6.04 Å². The van der Waals surface area contributed by atoms with Crippen LogP contribution >= 0.6 is 0 Å². The summed E-state index contributed by atoms with van der Waals surface area (Å²) in [6, 6.07) is -0.281. The molecule has 0 saturated carbocycles. The molecule has 92 valence electrons. The Labute approximate surface area is 99.0 Å². The van der Waals surface area contributed by atoms with E-state index in [1.807, 2.05) is 0 Å². The summed E-state index contributed by atoms with van der Waals surface area (Å²) in [5, 5.41) is 3.39. The number of piperidine rings is 1. The van der Waals surface area contributed by atoms with E-state index in [4.69, 9.17) is 5.53 Å². The molecule has 17 heavy (non-hydrogen) atoms. The lowest BCUT2D eigenvalue weighted by Gasteiger charge is -2.42. The second kappa shape index (κ2) is 5.05. The number of nitrogens with zero attached hydrogens (tertiary/aromatic N) is 5. The van der Waals surface area contributed by atoms with E-state index in [2.05, 4.69) is 10.0 Å². The maximum Gasteiger partial charge on any atom is 0.245 e. The predicted molar refractivity (Wildman–Crippen MR) is 59.9 cm³/mol. The molecule has 0 aliphatic carbocycles. The molecule has 2 aliphatic rings. The second-order valence-corrected chi connectivity index (χ2v) is 4.31. The van der Waals surface area contributed by atoms with Crippen LogP contribution in [-0.4, -0.2) is 53.8 Å². The minimum absolute atomic E-state index is 0.00237. The quantitative estimate of drug-likeness (QED) is 0.407. The van der Waals surface area contributed by atoms with Crippen LogP contribution in [0, 0.1) is 0 Å². The van der Waals surface area contributed by atoms with Gasteiger partial charge < -0.3 is 9.80 Å². The predicted octanol–water partition coefficient (Wildman–Crippen LogP) is 0.520. The zero-order valence-electron chi connectivity index (χ0n) is 9.58. The molecule has 0 radical (unpaired) electrons. The first kappa shape index (κ1) is 11.7. The van der Waals surface area contributed by atoms with E-state index in [-0.39, 0.29) is 30.9 Å². The van der Waals surface area contributed by atoms with Crippen LogP contribution in [0.1, 0.15) is 19.3 Å². The molecule has 1 unspecified atom stereocenters. The van der Waals surface area contributed by atoms with E-state index in [0.717, 1.165) is 19.3 Å². The van der Waals surface area contributed by atoms with Crippen LogP contribution in [0.2, 0.25) is 0 Å². The summed E-state index contributed by atoms with van der Waals surface area (Å²) in [5.74, 6) is 0.00711. The van der Waals surface area contributed by atoms with E-state index in [9.17, 15) is 9.59 Å². The number of azide groups is 1. The smallest absolute Gasteiger partial charge is 0.245 e. The summed E-state index contributed by atoms with van der Waals surface area (Å²) in [5.41, 5.74) is 8.18. The number of carbonyl (C=O) groups is 2. The van der Waals surface area contributed by atoms with E-state index < -0.39 is 0 Å². The monoisotopic (exact) mass is 237 g/mol. The lowest BCUT2D eigenvalue weighted by Crippen LogP contribution is -2.61. The molecule has 0 aromatic rings. The number of rotatable bonds is 3. The molecule has 2 fully saturated rings. The third-order valence-electron chi connectivity index (χ3n) is 3.28. The van der Waals surface area contributed by atoms with Crippen molar-refractivity contribution in [3.8, 4) is 0 Å². The molecule has 0 aromatic heterocycles. The summed E-state index contributed by atoms with van der Waals surface area (Å²) < 4.78 is 0. The van der Waals surface area contributed by atoms with Gasteiger partial charge in [0.2, 0.25) is 11.8 Å². The van der Waals surface area contributed by atoms with Crippen LogP contribution in [-0.2, 0) is 9.59 Å². The van der Waals surface area contributed by atoms with Crippen LogP contribution in [0.25, 0.3) is 10.4 Å². The average Bonchev–Trinajstić information content (AvgIpc) is 2.36. The fourth-order valence-corrected chi connectivity index (χ4v) is 2.43. The van der Waals surface area contributed by atoms with Crippen LogP contribution in [0.5, 0.6) is 0 Å². The first-order valence-corrected chi connectivity index (χ1v) is 5.83. The molecular weight excluding hydrogens is 222 g/mol. The Kier molecular flexibility index (Phi) is 3.49. The van der Waals surface area contributed by atoms with Crippen molar-refractivity contribution in [2.75, 3.05) is 26.2 Å². The fourth-order valence-electron chi connectivity index (χ4n) is 2.43. The van der Waals surface area contributed by atoms with Crippen LogP contribution in [0.15, 0.2) is 5.11 Å². The maximum absolute atomic E-state index is 12.1. The Bertz CT molecular complexity index is 377. The van der Waals surface area contributed by atoms with Gasteiger partial charge in [0.05, 0.1) is 6.54 Å². The summed E-state index contributed by atoms with van der Waals surface area (Å²) >= 11 is 0. The molecule has 0 spiro atoms. The van der Waals surface area contributed by atoms with Gasteiger partial charge in [-0.2, -0.15) is 0 Å². The van der Waals surface area contributed by atoms with E-state index >= 15 is 0 Å². The standard InChI is InChI=1S/C10H15N5O2/c11-13-12-4-6-14-7-9(16)15-5-2-1-3-8(15)10(14)17/h8H,1-7H2. The molecule has 7 heteroatoms. The highest BCUT2D eigenvalue weighted by Crippen LogP contribution is 2.22. The van der Waals surface area contributed by atoms with Crippen molar-refractivity contribution < 1.29 is 9.59 Å². The summed E-state index contributed by atoms with van der Waals surface area (Å²) in [6.07, 6.45) is 2.72. The van der Waals surface area contributed by atoms with Gasteiger partial charge in [-0.1, -0.05) is 5.11 Å². The highest BCUT2D eigenvalue weighted by molar-refractivity contribution is 5.95. The van der Waals surface area contributed by atoms with Crippen molar-refractivity contribution in [2.45, 2.75) is 25.3 Å². The topological polar surface area (TPSA) is 89.4 Å². The lowest BCUT2D eigenvalue weighted by atomic mass is 9.98. The SMILES string of the molecule is [N-]=[N+]=NCCN1CC(=O)N2CCCCC2C1=O. The fraction of sp³-hybridized carbons (Fsp3) is 0.800. The minimum atomic E-state index is -0.281. The van der Waals surface area contributed by atoms with E-state index in [1.54, 1.807) is 4.90 Å². The number of carbonyl (C=O) groups excluding carboxylic acids is 2. The summed E-state index contributed by atoms with van der Waals surface area (Å²) in [7, 11) is 0. The van der Waals surface area contributed by atoms with Crippen LogP contribution in [0.3, 0.4) is 0 Å². The van der Waals surface area contributed by atoms with Crippen LogP contribution in [0.4, 0.5) is 0 Å². The average molecular weight is 237 g/mol. The molecule has 0 N–H and O–H groups in total. The summed E-state index contributed by atoms with van der Waals surface area (Å²) in [6.45, 7) is 1.37. The van der Waals surface area contributed by atoms with Gasteiger partial charge in [0.25, 0.3) is 0 Å². The zero-order chi connectivity index (χ0) is 12.3. The Morgan fingerprint density at radius 3 is 3.00 bits per heavy atom.